The Hall–Kier alpha value is -3.27. The van der Waals surface area contributed by atoms with E-state index in [4.69, 9.17) is 15.9 Å². The van der Waals surface area contributed by atoms with Crippen LogP contribution in [0.3, 0.4) is 0 Å². The van der Waals surface area contributed by atoms with Crippen molar-refractivity contribution in [1.29, 1.82) is 5.41 Å². The van der Waals surface area contributed by atoms with Crippen molar-refractivity contribution in [3.63, 3.8) is 0 Å². The van der Waals surface area contributed by atoms with Crippen LogP contribution in [0.5, 0.6) is 11.5 Å². The van der Waals surface area contributed by atoms with E-state index in [2.05, 4.69) is 6.92 Å². The summed E-state index contributed by atoms with van der Waals surface area (Å²) < 4.78 is 42.6. The van der Waals surface area contributed by atoms with Crippen LogP contribution in [-0.4, -0.2) is 43.7 Å². The second-order valence-corrected chi connectivity index (χ2v) is 7.96. The van der Waals surface area contributed by atoms with Gasteiger partial charge in [0.1, 0.15) is 23.6 Å². The molecule has 7 nitrogen and oxygen atoms in total. The van der Waals surface area contributed by atoms with E-state index in [0.717, 1.165) is 36.7 Å². The van der Waals surface area contributed by atoms with Gasteiger partial charge in [-0.15, -0.1) is 0 Å². The van der Waals surface area contributed by atoms with Gasteiger partial charge in [-0.3, -0.25) is 10.2 Å². The Kier molecular flexibility index (Phi) is 9.31. The smallest absolute Gasteiger partial charge is 0.405 e. The zero-order valence-corrected chi connectivity index (χ0v) is 19.5. The van der Waals surface area contributed by atoms with Gasteiger partial charge in [0, 0.05) is 17.8 Å². The van der Waals surface area contributed by atoms with E-state index in [1.165, 1.54) is 24.1 Å². The largest absolute Gasteiger partial charge is 0.507 e. The van der Waals surface area contributed by atoms with Crippen LogP contribution in [0.25, 0.3) is 0 Å². The predicted octanol–water partition coefficient (Wildman–Crippen LogP) is 4.98. The van der Waals surface area contributed by atoms with Gasteiger partial charge in [0.2, 0.25) is 0 Å². The lowest BCUT2D eigenvalue weighted by molar-refractivity contribution is -0.123. The number of alkyl halides is 3. The molecule has 0 spiro atoms. The average Bonchev–Trinajstić information content (AvgIpc) is 2.78. The third kappa shape index (κ3) is 6.63. The first-order chi connectivity index (χ1) is 16.1. The first kappa shape index (κ1) is 27.0. The Morgan fingerprint density at radius 2 is 2.03 bits per heavy atom. The highest BCUT2D eigenvalue weighted by Gasteiger charge is 2.30. The first-order valence-electron chi connectivity index (χ1n) is 10.9. The molecule has 0 saturated heterocycles. The molecule has 2 aromatic carbocycles. The molecule has 2 aromatic rings. The predicted molar refractivity (Wildman–Crippen MR) is 126 cm³/mol. The fraction of sp³-hybridized carbons (Fsp3) is 0.417. The van der Waals surface area contributed by atoms with Gasteiger partial charge >= 0.3 is 6.18 Å². The molecule has 0 saturated carbocycles. The number of hydrogen-bond acceptors (Lipinski definition) is 5. The number of carbonyl (C=O) groups is 1. The minimum Gasteiger partial charge on any atom is -0.507 e. The number of anilines is 2. The van der Waals surface area contributed by atoms with E-state index >= 15 is 0 Å². The Labute approximate surface area is 197 Å². The number of benzene rings is 2. The van der Waals surface area contributed by atoms with Crippen molar-refractivity contribution in [2.75, 3.05) is 25.1 Å². The third-order valence-electron chi connectivity index (χ3n) is 5.51. The van der Waals surface area contributed by atoms with Crippen molar-refractivity contribution in [2.45, 2.75) is 45.2 Å². The summed E-state index contributed by atoms with van der Waals surface area (Å²) >= 11 is 0. The van der Waals surface area contributed by atoms with Gasteiger partial charge in [0.25, 0.3) is 5.91 Å². The topological polar surface area (TPSA) is 112 Å². The molecule has 0 bridgehead atoms. The number of halogens is 3. The molecule has 0 aromatic heterocycles. The molecule has 0 aliphatic rings. The Morgan fingerprint density at radius 1 is 1.32 bits per heavy atom. The Bertz CT molecular complexity index is 1010. The zero-order chi connectivity index (χ0) is 25.5. The van der Waals surface area contributed by atoms with Crippen LogP contribution in [0, 0.1) is 12.3 Å². The molecular weight excluding hydrogens is 449 g/mol. The molecular formula is C24H31F3N4O3. The molecule has 0 aliphatic carbocycles. The summed E-state index contributed by atoms with van der Waals surface area (Å²) in [6.45, 7) is 2.99. The summed E-state index contributed by atoms with van der Waals surface area (Å²) in [5.41, 5.74) is 8.45. The normalized spacial score (nSPS) is 12.2. The van der Waals surface area contributed by atoms with Gasteiger partial charge in [0.05, 0.1) is 19.1 Å². The lowest BCUT2D eigenvalue weighted by atomic mass is 9.92. The summed E-state index contributed by atoms with van der Waals surface area (Å²) in [5, 5.41) is 20.1. The number of methoxy groups -OCH3 is 1. The highest BCUT2D eigenvalue weighted by atomic mass is 19.4. The monoisotopic (exact) mass is 480 g/mol. The molecule has 10 heteroatoms. The highest BCUT2D eigenvalue weighted by molar-refractivity contribution is 6.01. The number of nitrogens with one attached hydrogen (secondary N) is 2. The zero-order valence-electron chi connectivity index (χ0n) is 19.5. The first-order valence-corrected chi connectivity index (χ1v) is 10.9. The number of ether oxygens (including phenoxy) is 1. The summed E-state index contributed by atoms with van der Waals surface area (Å²) in [5.74, 6) is -1.60. The van der Waals surface area contributed by atoms with Crippen LogP contribution in [0.15, 0.2) is 30.3 Å². The number of nitrogens with zero attached hydrogens (tertiary/aromatic N) is 1. The van der Waals surface area contributed by atoms with Crippen molar-refractivity contribution < 1.29 is 27.8 Å². The SMILES string of the molecule is CCCCC(CN)c1ccc(N(C=N)c2cc(O)c(C(=O)NCC(F)(F)F)c(OC)c2)c(C)c1. The number of phenolic OH excluding ortho intramolecular Hbond substituents is 1. The fourth-order valence-electron chi connectivity index (χ4n) is 3.74. The highest BCUT2D eigenvalue weighted by Crippen LogP contribution is 2.37. The van der Waals surface area contributed by atoms with E-state index in [-0.39, 0.29) is 11.7 Å². The summed E-state index contributed by atoms with van der Waals surface area (Å²) in [6, 6.07) is 8.38. The molecule has 186 valence electrons. The second-order valence-electron chi connectivity index (χ2n) is 7.96. The summed E-state index contributed by atoms with van der Waals surface area (Å²) in [6.07, 6.45) is -0.444. The number of phenols is 1. The number of aryl methyl sites for hydroxylation is 1. The number of rotatable bonds is 11. The molecule has 1 unspecified atom stereocenters. The molecule has 0 aliphatic heterocycles. The summed E-state index contributed by atoms with van der Waals surface area (Å²) in [4.78, 5) is 13.7. The molecule has 2 rings (SSSR count). The van der Waals surface area contributed by atoms with Crippen molar-refractivity contribution in [3.8, 4) is 11.5 Å². The van der Waals surface area contributed by atoms with Gasteiger partial charge in [0.15, 0.2) is 0 Å². The number of hydrogen-bond donors (Lipinski definition) is 4. The van der Waals surface area contributed by atoms with Gasteiger partial charge in [-0.1, -0.05) is 31.9 Å². The Balaban J connectivity index is 2.41. The van der Waals surface area contributed by atoms with Crippen molar-refractivity contribution >= 4 is 23.6 Å². The molecule has 1 amide bonds. The maximum Gasteiger partial charge on any atom is 0.405 e. The maximum absolute atomic E-state index is 12.5. The third-order valence-corrected chi connectivity index (χ3v) is 5.51. The number of aromatic hydroxyl groups is 1. The molecule has 5 N–H and O–H groups in total. The number of carbonyl (C=O) groups excluding carboxylic acids is 1. The average molecular weight is 481 g/mol. The van der Waals surface area contributed by atoms with Crippen molar-refractivity contribution in [3.05, 3.63) is 47.0 Å². The van der Waals surface area contributed by atoms with Crippen molar-refractivity contribution in [2.24, 2.45) is 5.73 Å². The lowest BCUT2D eigenvalue weighted by Gasteiger charge is -2.24. The van der Waals surface area contributed by atoms with Gasteiger partial charge in [-0.05, 0) is 43.0 Å². The number of amides is 1. The van der Waals surface area contributed by atoms with E-state index in [1.54, 1.807) is 5.32 Å². The molecule has 0 fully saturated rings. The molecule has 0 radical (unpaired) electrons. The molecule has 34 heavy (non-hydrogen) atoms. The van der Waals surface area contributed by atoms with Crippen molar-refractivity contribution in [1.82, 2.24) is 5.32 Å². The van der Waals surface area contributed by atoms with Crippen LogP contribution in [0.4, 0.5) is 24.5 Å². The Morgan fingerprint density at radius 3 is 2.56 bits per heavy atom. The fourth-order valence-corrected chi connectivity index (χ4v) is 3.74. The van der Waals surface area contributed by atoms with E-state index in [9.17, 15) is 23.1 Å². The molecule has 1 atom stereocenters. The minimum absolute atomic E-state index is 0.126. The van der Waals surface area contributed by atoms with Gasteiger partial charge in [-0.2, -0.15) is 13.2 Å². The van der Waals surface area contributed by atoms with Gasteiger partial charge in [-0.25, -0.2) is 0 Å². The standard InChI is InChI=1S/C24H31F3N4O3/c1-4-5-6-17(12-28)16-7-8-19(15(2)9-16)31(14-29)18-10-20(32)22(21(11-18)34-3)23(33)30-13-24(25,26)27/h7-11,14,17,29,32H,4-6,12-13,28H2,1-3H3,(H,30,33). The number of unbranched alkanes of at least 4 members (excludes halogenated alkanes) is 1. The van der Waals surface area contributed by atoms with E-state index in [1.807, 2.05) is 25.1 Å². The summed E-state index contributed by atoms with van der Waals surface area (Å²) in [7, 11) is 1.23. The second kappa shape index (κ2) is 11.7. The minimum atomic E-state index is -4.60. The van der Waals surface area contributed by atoms with Crippen LogP contribution in [-0.2, 0) is 0 Å². The van der Waals surface area contributed by atoms with Crippen LogP contribution >= 0.6 is 0 Å². The van der Waals surface area contributed by atoms with Crippen LogP contribution < -0.4 is 20.7 Å². The lowest BCUT2D eigenvalue weighted by Crippen LogP contribution is -2.34. The number of nitrogens with two attached hydrogens (primary N) is 1. The van der Waals surface area contributed by atoms with Crippen LogP contribution in [0.1, 0.15) is 53.6 Å². The molecule has 0 heterocycles. The van der Waals surface area contributed by atoms with Gasteiger partial charge < -0.3 is 25.8 Å². The van der Waals surface area contributed by atoms with E-state index in [0.29, 0.717) is 17.9 Å². The quantitative estimate of drug-likeness (QED) is 0.268. The van der Waals surface area contributed by atoms with E-state index < -0.39 is 29.9 Å². The maximum atomic E-state index is 12.5. The van der Waals surface area contributed by atoms with Crippen LogP contribution in [0.2, 0.25) is 0 Å².